The number of aromatic nitrogens is 3. The zero-order valence-corrected chi connectivity index (χ0v) is 30.7. The lowest BCUT2D eigenvalue weighted by Crippen LogP contribution is -2.17. The standard InChI is InChI=1S/C20H30N5O2P.C17H32N2/c1-4-5-8-17-24-18-19(25(17)27-12-7-6-11-21)15-10-9-14(28(2,3)26)13-16(15)23-20(18)22;1-2-3-4-5-6-7-8-9-10-11-12-13-14-17-15-16-18-19-17/h9-10,13H,4-8,11-12,21H2,1-3H3,(H2,22,23);15H,2-14,16H2,1H3. The molecule has 47 heavy (non-hydrogen) atoms. The van der Waals surface area contributed by atoms with Crippen molar-refractivity contribution >= 4 is 40.2 Å². The maximum Gasteiger partial charge on any atom is 0.152 e. The first-order valence-electron chi connectivity index (χ1n) is 18.4. The molecule has 9 nitrogen and oxygen atoms in total. The second kappa shape index (κ2) is 21.3. The summed E-state index contributed by atoms with van der Waals surface area (Å²) in [5.41, 5.74) is 15.2. The van der Waals surface area contributed by atoms with Gasteiger partial charge in [0.05, 0.1) is 17.8 Å². The fourth-order valence-electron chi connectivity index (χ4n) is 5.85. The molecular formula is C37H62N7O2P. The molecule has 1 aromatic carbocycles. The van der Waals surface area contributed by atoms with Crippen LogP contribution < -0.4 is 21.6 Å². The smallest absolute Gasteiger partial charge is 0.152 e. The Labute approximate surface area is 283 Å². The van der Waals surface area contributed by atoms with Gasteiger partial charge in [-0.1, -0.05) is 97.0 Å². The number of anilines is 1. The van der Waals surface area contributed by atoms with Gasteiger partial charge in [-0.3, -0.25) is 0 Å². The number of azo groups is 1. The number of pyridine rings is 1. The summed E-state index contributed by atoms with van der Waals surface area (Å²) in [6, 6.07) is 5.71. The van der Waals surface area contributed by atoms with Crippen LogP contribution in [-0.4, -0.2) is 47.7 Å². The molecule has 0 fully saturated rings. The van der Waals surface area contributed by atoms with Gasteiger partial charge >= 0.3 is 0 Å². The minimum absolute atomic E-state index is 0.365. The monoisotopic (exact) mass is 667 g/mol. The normalized spacial score (nSPS) is 12.9. The Morgan fingerprint density at radius 1 is 0.830 bits per heavy atom. The number of benzene rings is 1. The van der Waals surface area contributed by atoms with Gasteiger partial charge in [0.1, 0.15) is 30.6 Å². The van der Waals surface area contributed by atoms with Gasteiger partial charge in [0.2, 0.25) is 0 Å². The predicted molar refractivity (Wildman–Crippen MR) is 200 cm³/mol. The Bertz CT molecular complexity index is 1460. The van der Waals surface area contributed by atoms with Crippen LogP contribution in [0, 0.1) is 0 Å². The van der Waals surface area contributed by atoms with Crippen LogP contribution in [-0.2, 0) is 11.0 Å². The van der Waals surface area contributed by atoms with Gasteiger partial charge in [-0.05, 0) is 70.2 Å². The Morgan fingerprint density at radius 2 is 1.49 bits per heavy atom. The van der Waals surface area contributed by atoms with E-state index in [-0.39, 0.29) is 0 Å². The third-order valence-corrected chi connectivity index (χ3v) is 10.2. The molecular weight excluding hydrogens is 605 g/mol. The summed E-state index contributed by atoms with van der Waals surface area (Å²) >= 11 is 0. The zero-order valence-electron chi connectivity index (χ0n) is 29.8. The number of nitrogens with two attached hydrogens (primary N) is 2. The minimum atomic E-state index is -2.39. The summed E-state index contributed by atoms with van der Waals surface area (Å²) in [6.45, 7) is 9.96. The third-order valence-electron chi connectivity index (χ3n) is 8.71. The maximum absolute atomic E-state index is 12.5. The van der Waals surface area contributed by atoms with Crippen molar-refractivity contribution in [2.45, 2.75) is 129 Å². The number of allylic oxidation sites excluding steroid dienone is 1. The number of hydrogen-bond donors (Lipinski definition) is 2. The summed E-state index contributed by atoms with van der Waals surface area (Å²) in [7, 11) is -2.39. The highest BCUT2D eigenvalue weighted by atomic mass is 31.2. The van der Waals surface area contributed by atoms with E-state index in [1.807, 2.05) is 22.9 Å². The second-order valence-corrected chi connectivity index (χ2v) is 16.5. The summed E-state index contributed by atoms with van der Waals surface area (Å²) < 4.78 is 14.3. The lowest BCUT2D eigenvalue weighted by atomic mass is 10.0. The Kier molecular flexibility index (Phi) is 17.5. The fraction of sp³-hybridized carbons (Fsp3) is 0.676. The van der Waals surface area contributed by atoms with Gasteiger partial charge < -0.3 is 20.9 Å². The van der Waals surface area contributed by atoms with Crippen molar-refractivity contribution in [1.29, 1.82) is 0 Å². The lowest BCUT2D eigenvalue weighted by Gasteiger charge is -2.13. The van der Waals surface area contributed by atoms with E-state index in [9.17, 15) is 4.57 Å². The molecule has 0 spiro atoms. The molecule has 4 rings (SSSR count). The van der Waals surface area contributed by atoms with Gasteiger partial charge in [-0.25, -0.2) is 9.97 Å². The minimum Gasteiger partial charge on any atom is -0.412 e. The van der Waals surface area contributed by atoms with Crippen molar-refractivity contribution in [3.8, 4) is 0 Å². The van der Waals surface area contributed by atoms with Crippen molar-refractivity contribution < 1.29 is 9.40 Å². The molecule has 0 saturated heterocycles. The molecule has 0 amide bonds. The molecule has 3 aromatic rings. The van der Waals surface area contributed by atoms with E-state index in [0.717, 1.165) is 67.1 Å². The van der Waals surface area contributed by atoms with E-state index < -0.39 is 7.14 Å². The second-order valence-electron chi connectivity index (χ2n) is 13.3. The quantitative estimate of drug-likeness (QED) is 0.0810. The molecule has 0 unspecified atom stereocenters. The molecule has 0 saturated carbocycles. The van der Waals surface area contributed by atoms with Crippen LogP contribution >= 0.6 is 7.14 Å². The van der Waals surface area contributed by atoms with E-state index in [2.05, 4.69) is 35.1 Å². The highest BCUT2D eigenvalue weighted by Crippen LogP contribution is 2.37. The lowest BCUT2D eigenvalue weighted by molar-refractivity contribution is 0.109. The fourth-order valence-corrected chi connectivity index (χ4v) is 6.72. The number of unbranched alkanes of at least 4 members (excludes halogenated alkanes) is 13. The van der Waals surface area contributed by atoms with Crippen LogP contribution in [0.2, 0.25) is 0 Å². The van der Waals surface area contributed by atoms with Crippen LogP contribution in [0.15, 0.2) is 40.2 Å². The Hall–Kier alpha value is -2.77. The topological polar surface area (TPSA) is 134 Å². The number of fused-ring (bicyclic) bond motifs is 3. The van der Waals surface area contributed by atoms with Crippen LogP contribution in [0.1, 0.15) is 129 Å². The zero-order chi connectivity index (χ0) is 33.9. The Balaban J connectivity index is 0.000000277. The third kappa shape index (κ3) is 13.0. The van der Waals surface area contributed by atoms with E-state index in [4.69, 9.17) is 21.3 Å². The van der Waals surface area contributed by atoms with Crippen LogP contribution in [0.4, 0.5) is 5.82 Å². The van der Waals surface area contributed by atoms with Gasteiger partial charge in [-0.15, -0.1) is 0 Å². The molecule has 0 atom stereocenters. The number of imidazole rings is 1. The van der Waals surface area contributed by atoms with Crippen molar-refractivity contribution in [3.05, 3.63) is 35.8 Å². The molecule has 1 aliphatic heterocycles. The van der Waals surface area contributed by atoms with Gasteiger partial charge in [-0.2, -0.15) is 15.0 Å². The molecule has 262 valence electrons. The average Bonchev–Trinajstić information content (AvgIpc) is 3.71. The predicted octanol–water partition coefficient (Wildman–Crippen LogP) is 9.35. The molecule has 0 aliphatic carbocycles. The van der Waals surface area contributed by atoms with E-state index in [1.165, 1.54) is 82.7 Å². The number of nitrogens with zero attached hydrogens (tertiary/aromatic N) is 5. The van der Waals surface area contributed by atoms with Crippen molar-refractivity contribution in [2.75, 3.05) is 38.8 Å². The van der Waals surface area contributed by atoms with Crippen LogP contribution in [0.25, 0.3) is 21.9 Å². The first-order chi connectivity index (χ1) is 22.8. The molecule has 0 bridgehead atoms. The van der Waals surface area contributed by atoms with Crippen molar-refractivity contribution in [3.63, 3.8) is 0 Å². The maximum atomic E-state index is 12.5. The first kappa shape index (κ1) is 38.7. The van der Waals surface area contributed by atoms with Crippen LogP contribution in [0.3, 0.4) is 0 Å². The molecule has 4 N–H and O–H groups in total. The van der Waals surface area contributed by atoms with Crippen LogP contribution in [0.5, 0.6) is 0 Å². The molecule has 3 heterocycles. The first-order valence-corrected chi connectivity index (χ1v) is 21.0. The highest BCUT2D eigenvalue weighted by molar-refractivity contribution is 7.70. The van der Waals surface area contributed by atoms with Gasteiger partial charge in [0.25, 0.3) is 0 Å². The van der Waals surface area contributed by atoms with Gasteiger partial charge in [0.15, 0.2) is 5.82 Å². The largest absolute Gasteiger partial charge is 0.412 e. The van der Waals surface area contributed by atoms with E-state index in [1.54, 1.807) is 13.3 Å². The molecule has 10 heteroatoms. The molecule has 2 aromatic heterocycles. The highest BCUT2D eigenvalue weighted by Gasteiger charge is 2.20. The van der Waals surface area contributed by atoms with Gasteiger partial charge in [0, 0.05) is 17.1 Å². The summed E-state index contributed by atoms with van der Waals surface area (Å²) in [6.07, 6.45) is 24.9. The Morgan fingerprint density at radius 3 is 2.09 bits per heavy atom. The summed E-state index contributed by atoms with van der Waals surface area (Å²) in [4.78, 5) is 15.4. The summed E-state index contributed by atoms with van der Waals surface area (Å²) in [5, 5.41) is 9.77. The number of nitrogen functional groups attached to an aromatic ring is 1. The summed E-state index contributed by atoms with van der Waals surface area (Å²) in [5.74, 6) is 1.22. The molecule has 0 radical (unpaired) electrons. The number of hydrogen-bond acceptors (Lipinski definition) is 8. The number of rotatable bonds is 22. The van der Waals surface area contributed by atoms with E-state index >= 15 is 0 Å². The number of aryl methyl sites for hydroxylation is 1. The van der Waals surface area contributed by atoms with Crippen molar-refractivity contribution in [2.24, 2.45) is 16.0 Å². The molecule has 1 aliphatic rings. The average molecular weight is 668 g/mol. The van der Waals surface area contributed by atoms with Crippen molar-refractivity contribution in [1.82, 2.24) is 14.7 Å². The SMILES string of the molecule is CCCCCCCCCCCCCCC1=CCN=N1.CCCCc1nc2c(N)nc3cc(P(C)(C)=O)ccc3c2n1OCCCCN. The van der Waals surface area contributed by atoms with E-state index in [0.29, 0.717) is 30.0 Å².